The topological polar surface area (TPSA) is 29.3 Å². The number of rotatable bonds is 6. The van der Waals surface area contributed by atoms with Gasteiger partial charge in [0.2, 0.25) is 0 Å². The van der Waals surface area contributed by atoms with E-state index in [4.69, 9.17) is 5.73 Å². The Hall–Kier alpha value is -1.28. The molecule has 1 unspecified atom stereocenters. The summed E-state index contributed by atoms with van der Waals surface area (Å²) < 4.78 is 0. The molecule has 16 heavy (non-hydrogen) atoms. The Bertz CT molecular complexity index is 315. The summed E-state index contributed by atoms with van der Waals surface area (Å²) in [6.07, 6.45) is 3.33. The van der Waals surface area contributed by atoms with E-state index in [0.717, 1.165) is 13.0 Å². The molecule has 0 spiro atoms. The van der Waals surface area contributed by atoms with Crippen LogP contribution in [0.1, 0.15) is 25.3 Å². The van der Waals surface area contributed by atoms with E-state index in [1.807, 2.05) is 24.4 Å². The van der Waals surface area contributed by atoms with Gasteiger partial charge in [0.25, 0.3) is 0 Å². The first-order chi connectivity index (χ1) is 7.66. The summed E-state index contributed by atoms with van der Waals surface area (Å²) >= 11 is 0. The molecule has 0 amide bonds. The summed E-state index contributed by atoms with van der Waals surface area (Å²) in [7, 11) is 0. The van der Waals surface area contributed by atoms with Crippen molar-refractivity contribution in [1.82, 2.24) is 4.90 Å². The molecule has 0 saturated carbocycles. The Morgan fingerprint density at radius 2 is 2.00 bits per heavy atom. The zero-order chi connectivity index (χ0) is 12.0. The van der Waals surface area contributed by atoms with E-state index >= 15 is 0 Å². The third-order valence-electron chi connectivity index (χ3n) is 3.03. The Morgan fingerprint density at radius 1 is 1.38 bits per heavy atom. The molecule has 0 aliphatic carbocycles. The molecule has 2 N–H and O–H groups in total. The normalized spacial score (nSPS) is 11.2. The minimum Gasteiger partial charge on any atom is -0.356 e. The Balaban J connectivity index is 2.80. The zero-order valence-electron chi connectivity index (χ0n) is 10.0. The maximum atomic E-state index is 6.29. The summed E-state index contributed by atoms with van der Waals surface area (Å²) in [4.78, 5) is 2.06. The highest BCUT2D eigenvalue weighted by molar-refractivity contribution is 5.15. The predicted octanol–water partition coefficient (Wildman–Crippen LogP) is 2.92. The molecule has 0 saturated heterocycles. The van der Waals surface area contributed by atoms with Gasteiger partial charge in [-0.15, -0.1) is 0 Å². The van der Waals surface area contributed by atoms with Crippen molar-refractivity contribution in [1.29, 1.82) is 0 Å². The van der Waals surface area contributed by atoms with Gasteiger partial charge in [-0.3, -0.25) is 0 Å². The molecule has 0 aliphatic rings. The van der Waals surface area contributed by atoms with E-state index < -0.39 is 5.66 Å². The molecule has 1 aromatic rings. The van der Waals surface area contributed by atoms with Crippen molar-refractivity contribution in [3.05, 3.63) is 55.6 Å². The fraction of sp³-hybridized carbons (Fsp3) is 0.357. The van der Waals surface area contributed by atoms with E-state index in [1.165, 1.54) is 5.56 Å². The first kappa shape index (κ1) is 12.8. The van der Waals surface area contributed by atoms with Crippen molar-refractivity contribution in [3.63, 3.8) is 0 Å². The highest BCUT2D eigenvalue weighted by atomic mass is 15.3. The highest BCUT2D eigenvalue weighted by Crippen LogP contribution is 2.20. The third kappa shape index (κ3) is 2.86. The zero-order valence-corrected chi connectivity index (χ0v) is 10.0. The van der Waals surface area contributed by atoms with Crippen molar-refractivity contribution in [2.24, 2.45) is 5.73 Å². The minimum absolute atomic E-state index is 0.391. The molecule has 0 aromatic heterocycles. The Morgan fingerprint density at radius 3 is 2.44 bits per heavy atom. The molecule has 1 radical (unpaired) electrons. The number of nitrogens with zero attached hydrogens (tertiary/aromatic N) is 1. The maximum Gasteiger partial charge on any atom is 0.0878 e. The molecule has 2 nitrogen and oxygen atoms in total. The minimum atomic E-state index is -0.391. The standard InChI is InChI=1S/C14H21N2/c1-4-14(15,5-2)16(6-3)12-13-10-8-7-9-11-13/h6-11H,1,3-5,12,15H2,2H3. The number of benzene rings is 1. The van der Waals surface area contributed by atoms with Crippen molar-refractivity contribution in [3.8, 4) is 0 Å². The van der Waals surface area contributed by atoms with E-state index in [2.05, 4.69) is 37.5 Å². The van der Waals surface area contributed by atoms with Crippen LogP contribution in [0.4, 0.5) is 0 Å². The molecule has 1 aromatic carbocycles. The van der Waals surface area contributed by atoms with Crippen molar-refractivity contribution in [2.45, 2.75) is 32.0 Å². The van der Waals surface area contributed by atoms with Gasteiger partial charge in [-0.1, -0.05) is 43.8 Å². The van der Waals surface area contributed by atoms with Gasteiger partial charge in [0, 0.05) is 6.54 Å². The summed E-state index contributed by atoms with van der Waals surface area (Å²) in [5.74, 6) is 0. The predicted molar refractivity (Wildman–Crippen MR) is 69.4 cm³/mol. The quantitative estimate of drug-likeness (QED) is 0.742. The van der Waals surface area contributed by atoms with Gasteiger partial charge in [0.15, 0.2) is 0 Å². The Labute approximate surface area is 98.8 Å². The number of hydrogen-bond acceptors (Lipinski definition) is 2. The second-order valence-corrected chi connectivity index (χ2v) is 4.00. The van der Waals surface area contributed by atoms with Gasteiger partial charge < -0.3 is 10.6 Å². The number of hydrogen-bond donors (Lipinski definition) is 1. The SMILES string of the molecule is [CH2]CC(N)(CC)N(C=C)Cc1ccccc1. The highest BCUT2D eigenvalue weighted by Gasteiger charge is 2.25. The van der Waals surface area contributed by atoms with Crippen LogP contribution >= 0.6 is 0 Å². The molecule has 0 fully saturated rings. The molecular formula is C14H21N2. The third-order valence-corrected chi connectivity index (χ3v) is 3.03. The molecule has 0 aliphatic heterocycles. The van der Waals surface area contributed by atoms with Crippen molar-refractivity contribution in [2.75, 3.05) is 0 Å². The van der Waals surface area contributed by atoms with E-state index in [-0.39, 0.29) is 0 Å². The van der Waals surface area contributed by atoms with E-state index in [0.29, 0.717) is 6.42 Å². The van der Waals surface area contributed by atoms with Gasteiger partial charge in [0.1, 0.15) is 0 Å². The average molecular weight is 217 g/mol. The van der Waals surface area contributed by atoms with Gasteiger partial charge in [-0.2, -0.15) is 0 Å². The van der Waals surface area contributed by atoms with Crippen molar-refractivity contribution < 1.29 is 0 Å². The largest absolute Gasteiger partial charge is 0.356 e. The van der Waals surface area contributed by atoms with Crippen molar-refractivity contribution >= 4 is 0 Å². The fourth-order valence-electron chi connectivity index (χ4n) is 1.71. The lowest BCUT2D eigenvalue weighted by Gasteiger charge is -2.39. The first-order valence-corrected chi connectivity index (χ1v) is 5.67. The molecule has 1 atom stereocenters. The van der Waals surface area contributed by atoms with Crippen LogP contribution in [0.2, 0.25) is 0 Å². The molecule has 0 bridgehead atoms. The van der Waals surface area contributed by atoms with Gasteiger partial charge >= 0.3 is 0 Å². The van der Waals surface area contributed by atoms with Crippen LogP contribution in [0.15, 0.2) is 43.1 Å². The molecular weight excluding hydrogens is 196 g/mol. The second kappa shape index (κ2) is 5.71. The Kier molecular flexibility index (Phi) is 4.56. The summed E-state index contributed by atoms with van der Waals surface area (Å²) in [6.45, 7) is 10.6. The van der Waals surface area contributed by atoms with Gasteiger partial charge in [0.05, 0.1) is 5.66 Å². The monoisotopic (exact) mass is 217 g/mol. The molecule has 1 rings (SSSR count). The molecule has 2 heteroatoms. The van der Waals surface area contributed by atoms with Crippen LogP contribution in [0.5, 0.6) is 0 Å². The van der Waals surface area contributed by atoms with Crippen LogP contribution in [-0.4, -0.2) is 10.6 Å². The lowest BCUT2D eigenvalue weighted by Crippen LogP contribution is -2.52. The van der Waals surface area contributed by atoms with E-state index in [1.54, 1.807) is 0 Å². The van der Waals surface area contributed by atoms with Crippen LogP contribution in [0, 0.1) is 6.92 Å². The average Bonchev–Trinajstić information content (AvgIpc) is 2.36. The summed E-state index contributed by atoms with van der Waals surface area (Å²) in [5, 5.41) is 0. The summed E-state index contributed by atoms with van der Waals surface area (Å²) in [6, 6.07) is 10.3. The lowest BCUT2D eigenvalue weighted by atomic mass is 10.0. The first-order valence-electron chi connectivity index (χ1n) is 5.67. The lowest BCUT2D eigenvalue weighted by molar-refractivity contribution is 0.139. The smallest absolute Gasteiger partial charge is 0.0878 e. The van der Waals surface area contributed by atoms with Crippen LogP contribution < -0.4 is 5.73 Å². The maximum absolute atomic E-state index is 6.29. The van der Waals surface area contributed by atoms with Crippen LogP contribution in [0.25, 0.3) is 0 Å². The van der Waals surface area contributed by atoms with Gasteiger partial charge in [-0.25, -0.2) is 0 Å². The molecule has 87 valence electrons. The van der Waals surface area contributed by atoms with Crippen LogP contribution in [-0.2, 0) is 6.54 Å². The second-order valence-electron chi connectivity index (χ2n) is 4.00. The van der Waals surface area contributed by atoms with Gasteiger partial charge in [-0.05, 0) is 31.5 Å². The fourth-order valence-corrected chi connectivity index (χ4v) is 1.71. The van der Waals surface area contributed by atoms with E-state index in [9.17, 15) is 0 Å². The molecule has 0 heterocycles. The number of nitrogens with two attached hydrogens (primary N) is 1. The van der Waals surface area contributed by atoms with Crippen LogP contribution in [0.3, 0.4) is 0 Å². The summed E-state index contributed by atoms with van der Waals surface area (Å²) in [5.41, 5.74) is 7.14.